The number of nitrogens with one attached hydrogen (secondary N) is 1. The van der Waals surface area contributed by atoms with Crippen LogP contribution in [0, 0.1) is 0 Å². The second-order valence-electron chi connectivity index (χ2n) is 10.2. The van der Waals surface area contributed by atoms with Crippen LogP contribution in [-0.4, -0.2) is 50.0 Å². The van der Waals surface area contributed by atoms with Crippen molar-refractivity contribution >= 4 is 27.5 Å². The Bertz CT molecular complexity index is 1090. The molecule has 1 N–H and O–H groups in total. The third kappa shape index (κ3) is 8.09. The van der Waals surface area contributed by atoms with Crippen molar-refractivity contribution in [3.8, 4) is 0 Å². The Morgan fingerprint density at radius 3 is 2.00 bits per heavy atom. The molecule has 0 saturated heterocycles. The molecular weight excluding hydrogens is 462 g/mol. The largest absolute Gasteiger partial charge is 0.352 e. The van der Waals surface area contributed by atoms with Crippen LogP contribution in [0.3, 0.4) is 0 Å². The second kappa shape index (κ2) is 11.7. The summed E-state index contributed by atoms with van der Waals surface area (Å²) in [6.45, 7) is 11.6. The first-order valence-corrected chi connectivity index (χ1v) is 13.8. The monoisotopic (exact) mass is 501 g/mol. The van der Waals surface area contributed by atoms with Crippen molar-refractivity contribution in [3.63, 3.8) is 0 Å². The molecule has 8 heteroatoms. The summed E-state index contributed by atoms with van der Waals surface area (Å²) in [6.07, 6.45) is 1.48. The lowest BCUT2D eigenvalue weighted by Crippen LogP contribution is -2.53. The van der Waals surface area contributed by atoms with Gasteiger partial charge in [0.25, 0.3) is 0 Å². The van der Waals surface area contributed by atoms with Gasteiger partial charge in [0.15, 0.2) is 0 Å². The minimum Gasteiger partial charge on any atom is -0.352 e. The van der Waals surface area contributed by atoms with E-state index in [1.807, 2.05) is 63.2 Å². The number of amides is 2. The van der Waals surface area contributed by atoms with Gasteiger partial charge in [-0.05, 0) is 48.9 Å². The molecule has 0 heterocycles. The van der Waals surface area contributed by atoms with Gasteiger partial charge in [-0.3, -0.25) is 13.9 Å². The highest BCUT2D eigenvalue weighted by Gasteiger charge is 2.32. The van der Waals surface area contributed by atoms with Crippen LogP contribution < -0.4 is 9.62 Å². The van der Waals surface area contributed by atoms with E-state index in [1.54, 1.807) is 12.1 Å². The number of sulfonamides is 1. The molecule has 2 aromatic carbocycles. The molecule has 0 aromatic heterocycles. The molecule has 0 bridgehead atoms. The third-order valence-corrected chi connectivity index (χ3v) is 6.85. The van der Waals surface area contributed by atoms with Crippen LogP contribution in [0.5, 0.6) is 0 Å². The van der Waals surface area contributed by atoms with Gasteiger partial charge in [0.1, 0.15) is 12.6 Å². The molecular formula is C27H39N3O4S. The van der Waals surface area contributed by atoms with Crippen molar-refractivity contribution in [2.24, 2.45) is 0 Å². The van der Waals surface area contributed by atoms with Gasteiger partial charge < -0.3 is 10.2 Å². The molecule has 0 aliphatic rings. The van der Waals surface area contributed by atoms with Crippen LogP contribution in [0.15, 0.2) is 54.6 Å². The van der Waals surface area contributed by atoms with Crippen molar-refractivity contribution in [1.29, 1.82) is 0 Å². The number of hydrogen-bond donors (Lipinski definition) is 1. The normalized spacial score (nSPS) is 12.8. The zero-order valence-electron chi connectivity index (χ0n) is 21.9. The van der Waals surface area contributed by atoms with Crippen molar-refractivity contribution in [2.75, 3.05) is 17.1 Å². The van der Waals surface area contributed by atoms with Crippen LogP contribution in [-0.2, 0) is 31.6 Å². The van der Waals surface area contributed by atoms with E-state index in [1.165, 1.54) is 4.90 Å². The average Bonchev–Trinajstić information content (AvgIpc) is 2.76. The van der Waals surface area contributed by atoms with E-state index in [0.29, 0.717) is 12.1 Å². The molecule has 7 nitrogen and oxygen atoms in total. The first-order valence-electron chi connectivity index (χ1n) is 12.0. The Morgan fingerprint density at radius 2 is 1.54 bits per heavy atom. The summed E-state index contributed by atoms with van der Waals surface area (Å²) in [7, 11) is -3.75. The number of carbonyl (C=O) groups is 2. The van der Waals surface area contributed by atoms with Gasteiger partial charge in [-0.1, -0.05) is 70.2 Å². The minimum absolute atomic E-state index is 0.0842. The van der Waals surface area contributed by atoms with Crippen LogP contribution in [0.2, 0.25) is 0 Å². The zero-order valence-corrected chi connectivity index (χ0v) is 22.7. The molecule has 0 saturated carbocycles. The third-order valence-electron chi connectivity index (χ3n) is 5.71. The summed E-state index contributed by atoms with van der Waals surface area (Å²) in [6, 6.07) is 15.8. The SMILES string of the molecule is CC[C@@H](C(=O)NC(C)C)N(Cc1ccccc1)C(=O)CN(c1ccc(C(C)(C)C)cc1)S(C)(=O)=O. The Labute approximate surface area is 210 Å². The van der Waals surface area contributed by atoms with Crippen molar-refractivity contribution < 1.29 is 18.0 Å². The Morgan fingerprint density at radius 1 is 0.971 bits per heavy atom. The van der Waals surface area contributed by atoms with Gasteiger partial charge in [-0.15, -0.1) is 0 Å². The molecule has 2 rings (SSSR count). The Hall–Kier alpha value is -2.87. The lowest BCUT2D eigenvalue weighted by molar-refractivity contribution is -0.140. The number of carbonyl (C=O) groups excluding carboxylic acids is 2. The summed E-state index contributed by atoms with van der Waals surface area (Å²) in [4.78, 5) is 28.1. The van der Waals surface area contributed by atoms with Gasteiger partial charge in [0.05, 0.1) is 11.9 Å². The van der Waals surface area contributed by atoms with E-state index in [9.17, 15) is 18.0 Å². The zero-order chi connectivity index (χ0) is 26.4. The number of rotatable bonds is 10. The molecule has 1 atom stereocenters. The van der Waals surface area contributed by atoms with E-state index in [0.717, 1.165) is 21.7 Å². The first kappa shape index (κ1) is 28.4. The summed E-state index contributed by atoms with van der Waals surface area (Å²) >= 11 is 0. The van der Waals surface area contributed by atoms with E-state index >= 15 is 0 Å². The maximum atomic E-state index is 13.6. The van der Waals surface area contributed by atoms with Gasteiger partial charge in [0.2, 0.25) is 21.8 Å². The summed E-state index contributed by atoms with van der Waals surface area (Å²) in [5.74, 6) is -0.697. The van der Waals surface area contributed by atoms with Gasteiger partial charge in [-0.2, -0.15) is 0 Å². The van der Waals surface area contributed by atoms with Crippen LogP contribution in [0.25, 0.3) is 0 Å². The van der Waals surface area contributed by atoms with Gasteiger partial charge >= 0.3 is 0 Å². The van der Waals surface area contributed by atoms with Gasteiger partial charge in [0, 0.05) is 12.6 Å². The molecule has 0 aliphatic heterocycles. The lowest BCUT2D eigenvalue weighted by Gasteiger charge is -2.33. The summed E-state index contributed by atoms with van der Waals surface area (Å²) < 4.78 is 26.6. The molecule has 0 fully saturated rings. The highest BCUT2D eigenvalue weighted by molar-refractivity contribution is 7.92. The molecule has 35 heavy (non-hydrogen) atoms. The standard InChI is InChI=1S/C27H39N3O4S/c1-8-24(26(32)28-20(2)3)29(18-21-12-10-9-11-13-21)25(31)19-30(35(7,33)34)23-16-14-22(15-17-23)27(4,5)6/h9-17,20,24H,8,18-19H2,1-7H3,(H,28,32)/t24-/m0/s1. The van der Waals surface area contributed by atoms with E-state index in [2.05, 4.69) is 26.1 Å². The molecule has 0 radical (unpaired) electrons. The number of benzene rings is 2. The van der Waals surface area contributed by atoms with E-state index in [4.69, 9.17) is 0 Å². The first-order chi connectivity index (χ1) is 16.2. The van der Waals surface area contributed by atoms with E-state index in [-0.39, 0.29) is 23.9 Å². The highest BCUT2D eigenvalue weighted by atomic mass is 32.2. The van der Waals surface area contributed by atoms with Crippen LogP contribution in [0.1, 0.15) is 59.1 Å². The van der Waals surface area contributed by atoms with Gasteiger partial charge in [-0.25, -0.2) is 8.42 Å². The van der Waals surface area contributed by atoms with Crippen molar-refractivity contribution in [3.05, 3.63) is 65.7 Å². The van der Waals surface area contributed by atoms with E-state index < -0.39 is 28.5 Å². The number of nitrogens with zero attached hydrogens (tertiary/aromatic N) is 2. The molecule has 2 amide bonds. The smallest absolute Gasteiger partial charge is 0.244 e. The van der Waals surface area contributed by atoms with Crippen LogP contribution >= 0.6 is 0 Å². The Balaban J connectivity index is 2.42. The minimum atomic E-state index is -3.75. The molecule has 0 unspecified atom stereocenters. The quantitative estimate of drug-likeness (QED) is 0.531. The fourth-order valence-electron chi connectivity index (χ4n) is 3.82. The highest BCUT2D eigenvalue weighted by Crippen LogP contribution is 2.26. The fraction of sp³-hybridized carbons (Fsp3) is 0.481. The van der Waals surface area contributed by atoms with Crippen molar-refractivity contribution in [1.82, 2.24) is 10.2 Å². The average molecular weight is 502 g/mol. The maximum absolute atomic E-state index is 13.6. The topological polar surface area (TPSA) is 86.8 Å². The predicted octanol–water partition coefficient (Wildman–Crippen LogP) is 4.08. The second-order valence-corrected chi connectivity index (χ2v) is 12.1. The van der Waals surface area contributed by atoms with Crippen molar-refractivity contribution in [2.45, 2.75) is 72.0 Å². The molecule has 0 spiro atoms. The molecule has 0 aliphatic carbocycles. The van der Waals surface area contributed by atoms with Crippen LogP contribution in [0.4, 0.5) is 5.69 Å². The predicted molar refractivity (Wildman–Crippen MR) is 142 cm³/mol. The summed E-state index contributed by atoms with van der Waals surface area (Å²) in [5, 5.41) is 2.89. The number of hydrogen-bond acceptors (Lipinski definition) is 4. The molecule has 2 aromatic rings. The number of anilines is 1. The Kier molecular flexibility index (Phi) is 9.49. The summed E-state index contributed by atoms with van der Waals surface area (Å²) in [5.41, 5.74) is 2.24. The lowest BCUT2D eigenvalue weighted by atomic mass is 9.87. The molecule has 192 valence electrons. The fourth-order valence-corrected chi connectivity index (χ4v) is 4.67. The maximum Gasteiger partial charge on any atom is 0.244 e.